The third kappa shape index (κ3) is 8.54. The molecule has 0 saturated carbocycles. The van der Waals surface area contributed by atoms with Crippen molar-refractivity contribution in [1.29, 1.82) is 0 Å². The molecule has 0 aliphatic carbocycles. The van der Waals surface area contributed by atoms with E-state index in [1.54, 1.807) is 32.0 Å². The van der Waals surface area contributed by atoms with Crippen molar-refractivity contribution in [1.82, 2.24) is 14.9 Å². The highest BCUT2D eigenvalue weighted by Crippen LogP contribution is 2.39. The maximum absolute atomic E-state index is 12.9. The van der Waals surface area contributed by atoms with E-state index in [-0.39, 0.29) is 40.3 Å². The summed E-state index contributed by atoms with van der Waals surface area (Å²) in [6, 6.07) is 10.5. The van der Waals surface area contributed by atoms with Crippen LogP contribution in [-0.2, 0) is 9.84 Å². The Balaban J connectivity index is 1.57. The second-order valence-corrected chi connectivity index (χ2v) is 14.5. The molecule has 1 aromatic heterocycles. The van der Waals surface area contributed by atoms with Crippen LogP contribution in [0.3, 0.4) is 0 Å². The molecular formula is C31H39ClF3N5O3S. The summed E-state index contributed by atoms with van der Waals surface area (Å²) in [5.74, 6) is 1.25. The third-order valence-corrected chi connectivity index (χ3v) is 10.0. The number of ether oxygens (including phenoxy) is 1. The van der Waals surface area contributed by atoms with Crippen molar-refractivity contribution in [3.63, 3.8) is 0 Å². The summed E-state index contributed by atoms with van der Waals surface area (Å²) in [6.45, 7) is 10.3. The summed E-state index contributed by atoms with van der Waals surface area (Å²) in [5, 5.41) is 5.88. The molecule has 1 aliphatic heterocycles. The van der Waals surface area contributed by atoms with Crippen LogP contribution < -0.4 is 15.4 Å². The van der Waals surface area contributed by atoms with Gasteiger partial charge in [0.1, 0.15) is 10.8 Å². The van der Waals surface area contributed by atoms with E-state index in [0.29, 0.717) is 30.2 Å². The number of alkyl halides is 3. The minimum Gasteiger partial charge on any atom is -0.489 e. The van der Waals surface area contributed by atoms with Gasteiger partial charge in [-0.05, 0) is 102 Å². The number of halogens is 4. The molecule has 0 atom stereocenters. The number of aromatic nitrogens is 2. The van der Waals surface area contributed by atoms with E-state index in [9.17, 15) is 21.6 Å². The number of hydrogen-bond acceptors (Lipinski definition) is 8. The van der Waals surface area contributed by atoms with Crippen LogP contribution in [0.4, 0.5) is 36.3 Å². The van der Waals surface area contributed by atoms with Crippen molar-refractivity contribution >= 4 is 44.6 Å². The first-order chi connectivity index (χ1) is 20.6. The monoisotopic (exact) mass is 653 g/mol. The first-order valence-electron chi connectivity index (χ1n) is 14.6. The predicted octanol–water partition coefficient (Wildman–Crippen LogP) is 8.03. The lowest BCUT2D eigenvalue weighted by molar-refractivity contribution is -0.138. The molecule has 0 bridgehead atoms. The van der Waals surface area contributed by atoms with E-state index in [0.717, 1.165) is 24.0 Å². The molecule has 1 fully saturated rings. The Bertz CT molecular complexity index is 1560. The quantitative estimate of drug-likeness (QED) is 0.215. The van der Waals surface area contributed by atoms with Gasteiger partial charge < -0.3 is 20.3 Å². The lowest BCUT2D eigenvalue weighted by Crippen LogP contribution is -2.35. The summed E-state index contributed by atoms with van der Waals surface area (Å²) >= 11 is 6.41. The molecule has 8 nitrogen and oxygen atoms in total. The number of rotatable bonds is 11. The van der Waals surface area contributed by atoms with Crippen LogP contribution in [0, 0.1) is 6.92 Å². The molecule has 4 rings (SSSR count). The number of aryl methyl sites for hydroxylation is 1. The van der Waals surface area contributed by atoms with E-state index in [1.165, 1.54) is 12.3 Å². The standard InChI is InChI=1S/C31H39ClF3N5O3S/c1-19(2)43-27-17-23(22-10-13-40(14-11-22)15-12-31(33,34)35)21(5)16-26(27)38-30-36-18-24(32)29(39-30)37-25-8-6-7-9-28(25)44(41,42)20(3)4/h6-9,16-20,22H,10-15H2,1-5H3,(H2,36,37,38,39). The van der Waals surface area contributed by atoms with Crippen LogP contribution in [0.15, 0.2) is 47.5 Å². The Hall–Kier alpha value is -3.09. The minimum absolute atomic E-state index is 0.0246. The van der Waals surface area contributed by atoms with Gasteiger partial charge >= 0.3 is 6.18 Å². The molecule has 1 aliphatic rings. The fourth-order valence-electron chi connectivity index (χ4n) is 5.18. The van der Waals surface area contributed by atoms with Crippen LogP contribution in [0.25, 0.3) is 0 Å². The molecule has 1 saturated heterocycles. The van der Waals surface area contributed by atoms with Crippen LogP contribution in [0.1, 0.15) is 64.0 Å². The van der Waals surface area contributed by atoms with Crippen molar-refractivity contribution in [2.45, 2.75) is 82.2 Å². The number of anilines is 4. The number of benzene rings is 2. The summed E-state index contributed by atoms with van der Waals surface area (Å²) in [4.78, 5) is 10.9. The molecule has 240 valence electrons. The first kappa shape index (κ1) is 33.8. The molecule has 0 radical (unpaired) electrons. The highest BCUT2D eigenvalue weighted by Gasteiger charge is 2.30. The van der Waals surface area contributed by atoms with Crippen molar-refractivity contribution in [3.05, 3.63) is 58.7 Å². The van der Waals surface area contributed by atoms with Gasteiger partial charge in [0, 0.05) is 6.54 Å². The lowest BCUT2D eigenvalue weighted by atomic mass is 9.86. The normalized spacial score (nSPS) is 15.2. The topological polar surface area (TPSA) is 96.5 Å². The molecule has 0 amide bonds. The SMILES string of the molecule is Cc1cc(Nc2ncc(Cl)c(Nc3ccccc3S(=O)(=O)C(C)C)n2)c(OC(C)C)cc1C1CCN(CCC(F)(F)F)CC1. The van der Waals surface area contributed by atoms with Crippen LogP contribution in [0.2, 0.25) is 5.02 Å². The molecule has 0 spiro atoms. The molecule has 2 aromatic carbocycles. The Morgan fingerprint density at radius 3 is 2.39 bits per heavy atom. The molecule has 2 N–H and O–H groups in total. The van der Waals surface area contributed by atoms with E-state index in [2.05, 4.69) is 20.6 Å². The minimum atomic E-state index is -4.15. The fourth-order valence-corrected chi connectivity index (χ4v) is 6.52. The lowest BCUT2D eigenvalue weighted by Gasteiger charge is -2.33. The Morgan fingerprint density at radius 2 is 1.75 bits per heavy atom. The number of sulfone groups is 1. The van der Waals surface area contributed by atoms with Crippen LogP contribution >= 0.6 is 11.6 Å². The van der Waals surface area contributed by atoms with Crippen molar-refractivity contribution in [2.75, 3.05) is 30.3 Å². The highest BCUT2D eigenvalue weighted by atomic mass is 35.5. The second-order valence-electron chi connectivity index (χ2n) is 11.6. The molecule has 13 heteroatoms. The van der Waals surface area contributed by atoms with Gasteiger partial charge in [0.2, 0.25) is 5.95 Å². The number of nitrogens with zero attached hydrogens (tertiary/aromatic N) is 3. The Morgan fingerprint density at radius 1 is 1.07 bits per heavy atom. The van der Waals surface area contributed by atoms with Gasteiger partial charge in [-0.25, -0.2) is 13.4 Å². The smallest absolute Gasteiger partial charge is 0.390 e. The number of para-hydroxylation sites is 1. The molecule has 3 aromatic rings. The zero-order chi connectivity index (χ0) is 32.2. The van der Waals surface area contributed by atoms with Crippen LogP contribution in [0.5, 0.6) is 5.75 Å². The van der Waals surface area contributed by atoms with Gasteiger partial charge in [0.25, 0.3) is 0 Å². The Kier molecular flexibility index (Phi) is 10.7. The number of hydrogen-bond donors (Lipinski definition) is 2. The van der Waals surface area contributed by atoms with Gasteiger partial charge in [0.05, 0.1) is 40.2 Å². The average molecular weight is 654 g/mol. The van der Waals surface area contributed by atoms with Gasteiger partial charge in [-0.1, -0.05) is 23.7 Å². The van der Waals surface area contributed by atoms with Gasteiger partial charge in [0.15, 0.2) is 15.7 Å². The summed E-state index contributed by atoms with van der Waals surface area (Å²) in [7, 11) is -3.58. The van der Waals surface area contributed by atoms with Gasteiger partial charge in [-0.15, -0.1) is 0 Å². The number of piperidine rings is 1. The molecule has 0 unspecified atom stereocenters. The molecular weight excluding hydrogens is 615 g/mol. The Labute approximate surface area is 262 Å². The average Bonchev–Trinajstić information content (AvgIpc) is 2.95. The van der Waals surface area contributed by atoms with Crippen LogP contribution in [-0.4, -0.2) is 60.5 Å². The van der Waals surface area contributed by atoms with Gasteiger partial charge in [-0.2, -0.15) is 18.2 Å². The van der Waals surface area contributed by atoms with Crippen molar-refractivity contribution in [2.24, 2.45) is 0 Å². The zero-order valence-electron chi connectivity index (χ0n) is 25.5. The maximum atomic E-state index is 12.9. The number of likely N-dealkylation sites (tertiary alicyclic amines) is 1. The summed E-state index contributed by atoms with van der Waals surface area (Å²) < 4.78 is 70.1. The highest BCUT2D eigenvalue weighted by molar-refractivity contribution is 7.92. The first-order valence-corrected chi connectivity index (χ1v) is 16.6. The summed E-state index contributed by atoms with van der Waals surface area (Å²) in [5.41, 5.74) is 3.10. The maximum Gasteiger partial charge on any atom is 0.390 e. The zero-order valence-corrected chi connectivity index (χ0v) is 27.1. The second kappa shape index (κ2) is 13.9. The van der Waals surface area contributed by atoms with E-state index in [1.807, 2.05) is 37.8 Å². The largest absolute Gasteiger partial charge is 0.489 e. The van der Waals surface area contributed by atoms with Gasteiger partial charge in [-0.3, -0.25) is 0 Å². The van der Waals surface area contributed by atoms with E-state index in [4.69, 9.17) is 16.3 Å². The van der Waals surface area contributed by atoms with E-state index >= 15 is 0 Å². The van der Waals surface area contributed by atoms with Crippen molar-refractivity contribution < 1.29 is 26.3 Å². The van der Waals surface area contributed by atoms with E-state index < -0.39 is 27.7 Å². The molecule has 2 heterocycles. The fraction of sp³-hybridized carbons (Fsp3) is 0.484. The third-order valence-electron chi connectivity index (χ3n) is 7.53. The molecule has 44 heavy (non-hydrogen) atoms. The number of nitrogens with one attached hydrogen (secondary N) is 2. The van der Waals surface area contributed by atoms with Crippen molar-refractivity contribution in [3.8, 4) is 5.75 Å². The summed E-state index contributed by atoms with van der Waals surface area (Å²) in [6.07, 6.45) is -2.13. The predicted molar refractivity (Wildman–Crippen MR) is 168 cm³/mol.